The number of benzene rings is 2. The number of rotatable bonds is 4. The molecule has 0 radical (unpaired) electrons. The lowest BCUT2D eigenvalue weighted by Crippen LogP contribution is -2.10. The third-order valence-corrected chi connectivity index (χ3v) is 2.48. The summed E-state index contributed by atoms with van der Waals surface area (Å²) in [6.07, 6.45) is 0. The van der Waals surface area contributed by atoms with Crippen LogP contribution in [-0.4, -0.2) is 17.0 Å². The Hall–Kier alpha value is -2.82. The van der Waals surface area contributed by atoms with Gasteiger partial charge in [-0.1, -0.05) is 0 Å². The number of primary amides is 1. The molecule has 3 N–H and O–H groups in total. The summed E-state index contributed by atoms with van der Waals surface area (Å²) in [4.78, 5) is 21.6. The predicted molar refractivity (Wildman–Crippen MR) is 68.4 cm³/mol. The number of carbonyl (C=O) groups excluding carboxylic acids is 1. The summed E-state index contributed by atoms with van der Waals surface area (Å²) in [5.74, 6) is -0.445. The van der Waals surface area contributed by atoms with Gasteiger partial charge >= 0.3 is 5.97 Å². The van der Waals surface area contributed by atoms with Crippen molar-refractivity contribution in [3.8, 4) is 11.5 Å². The van der Waals surface area contributed by atoms with Crippen LogP contribution in [0.5, 0.6) is 11.5 Å². The Kier molecular flexibility index (Phi) is 3.47. The fourth-order valence-electron chi connectivity index (χ4n) is 1.49. The van der Waals surface area contributed by atoms with E-state index < -0.39 is 11.9 Å². The zero-order valence-electron chi connectivity index (χ0n) is 9.87. The molecule has 0 saturated heterocycles. The number of carboxylic acid groups (broad SMARTS) is 1. The first kappa shape index (κ1) is 12.6. The van der Waals surface area contributed by atoms with Crippen LogP contribution in [0.4, 0.5) is 0 Å². The van der Waals surface area contributed by atoms with Gasteiger partial charge in [0.2, 0.25) is 5.91 Å². The van der Waals surface area contributed by atoms with Gasteiger partial charge in [0.15, 0.2) is 0 Å². The van der Waals surface area contributed by atoms with Crippen LogP contribution >= 0.6 is 0 Å². The minimum atomic E-state index is -0.989. The molecule has 5 heteroatoms. The molecule has 0 aromatic heterocycles. The van der Waals surface area contributed by atoms with Crippen molar-refractivity contribution < 1.29 is 19.4 Å². The van der Waals surface area contributed by atoms with Gasteiger partial charge in [0.25, 0.3) is 0 Å². The first-order valence-electron chi connectivity index (χ1n) is 5.47. The third kappa shape index (κ3) is 3.10. The number of nitrogens with two attached hydrogens (primary N) is 1. The number of aromatic carboxylic acids is 1. The van der Waals surface area contributed by atoms with E-state index in [2.05, 4.69) is 0 Å². The maximum atomic E-state index is 10.9. The summed E-state index contributed by atoms with van der Waals surface area (Å²) < 4.78 is 5.50. The molecular formula is C14H11NO4. The largest absolute Gasteiger partial charge is 0.478 e. The first-order chi connectivity index (χ1) is 9.06. The molecule has 0 aliphatic rings. The van der Waals surface area contributed by atoms with E-state index in [0.717, 1.165) is 0 Å². The molecule has 0 aliphatic heterocycles. The fraction of sp³-hybridized carbons (Fsp3) is 0. The van der Waals surface area contributed by atoms with Crippen molar-refractivity contribution in [3.05, 3.63) is 59.7 Å². The lowest BCUT2D eigenvalue weighted by molar-refractivity contribution is 0.0696. The zero-order chi connectivity index (χ0) is 13.8. The standard InChI is InChI=1S/C14H11NO4/c15-13(16)9-1-5-11(6-2-9)19-12-7-3-10(4-8-12)14(17)18/h1-8H,(H2,15,16)(H,17,18). The topological polar surface area (TPSA) is 89.6 Å². The SMILES string of the molecule is NC(=O)c1ccc(Oc2ccc(C(=O)O)cc2)cc1. The molecule has 19 heavy (non-hydrogen) atoms. The first-order valence-corrected chi connectivity index (χ1v) is 5.47. The quantitative estimate of drug-likeness (QED) is 0.879. The van der Waals surface area contributed by atoms with Crippen LogP contribution in [0.2, 0.25) is 0 Å². The number of carboxylic acids is 1. The van der Waals surface area contributed by atoms with E-state index in [0.29, 0.717) is 17.1 Å². The molecule has 0 atom stereocenters. The number of carbonyl (C=O) groups is 2. The third-order valence-electron chi connectivity index (χ3n) is 2.48. The monoisotopic (exact) mass is 257 g/mol. The van der Waals surface area contributed by atoms with Gasteiger partial charge in [-0.25, -0.2) is 4.79 Å². The van der Waals surface area contributed by atoms with Gasteiger partial charge in [0, 0.05) is 5.56 Å². The summed E-state index contributed by atoms with van der Waals surface area (Å²) in [5, 5.41) is 8.76. The van der Waals surface area contributed by atoms with Gasteiger partial charge in [-0.2, -0.15) is 0 Å². The molecular weight excluding hydrogens is 246 g/mol. The average molecular weight is 257 g/mol. The molecule has 5 nitrogen and oxygen atoms in total. The lowest BCUT2D eigenvalue weighted by atomic mass is 10.2. The Morgan fingerprint density at radius 2 is 1.26 bits per heavy atom. The van der Waals surface area contributed by atoms with Crippen molar-refractivity contribution in [3.63, 3.8) is 0 Å². The smallest absolute Gasteiger partial charge is 0.335 e. The number of ether oxygens (including phenoxy) is 1. The molecule has 0 saturated carbocycles. The average Bonchev–Trinajstić information content (AvgIpc) is 2.40. The van der Waals surface area contributed by atoms with Gasteiger partial charge in [-0.05, 0) is 48.5 Å². The molecule has 2 aromatic rings. The maximum Gasteiger partial charge on any atom is 0.335 e. The molecule has 0 heterocycles. The van der Waals surface area contributed by atoms with E-state index in [-0.39, 0.29) is 5.56 Å². The van der Waals surface area contributed by atoms with E-state index in [4.69, 9.17) is 15.6 Å². The van der Waals surface area contributed by atoms with Gasteiger partial charge in [-0.15, -0.1) is 0 Å². The van der Waals surface area contributed by atoms with E-state index >= 15 is 0 Å². The second-order valence-corrected chi connectivity index (χ2v) is 3.82. The van der Waals surface area contributed by atoms with E-state index in [1.165, 1.54) is 12.1 Å². The molecule has 2 aromatic carbocycles. The van der Waals surface area contributed by atoms with E-state index in [1.54, 1.807) is 36.4 Å². The Labute approximate surface area is 109 Å². The summed E-state index contributed by atoms with van der Waals surface area (Å²) in [5.41, 5.74) is 5.71. The summed E-state index contributed by atoms with van der Waals surface area (Å²) in [6.45, 7) is 0. The Balaban J connectivity index is 2.12. The molecule has 1 amide bonds. The van der Waals surface area contributed by atoms with Crippen LogP contribution in [0.3, 0.4) is 0 Å². The Morgan fingerprint density at radius 1 is 0.842 bits per heavy atom. The summed E-state index contributed by atoms with van der Waals surface area (Å²) in [7, 11) is 0. The van der Waals surface area contributed by atoms with E-state index in [9.17, 15) is 9.59 Å². The molecule has 0 fully saturated rings. The molecule has 0 unspecified atom stereocenters. The van der Waals surface area contributed by atoms with Crippen LogP contribution in [0.15, 0.2) is 48.5 Å². The zero-order valence-corrected chi connectivity index (χ0v) is 9.87. The second-order valence-electron chi connectivity index (χ2n) is 3.82. The molecule has 2 rings (SSSR count). The molecule has 0 spiro atoms. The molecule has 0 bridgehead atoms. The minimum absolute atomic E-state index is 0.191. The van der Waals surface area contributed by atoms with Crippen molar-refractivity contribution in [1.29, 1.82) is 0 Å². The number of hydrogen-bond donors (Lipinski definition) is 2. The van der Waals surface area contributed by atoms with Crippen molar-refractivity contribution >= 4 is 11.9 Å². The fourth-order valence-corrected chi connectivity index (χ4v) is 1.49. The number of amides is 1. The maximum absolute atomic E-state index is 10.9. The predicted octanol–water partition coefficient (Wildman–Crippen LogP) is 2.28. The lowest BCUT2D eigenvalue weighted by Gasteiger charge is -2.06. The second kappa shape index (κ2) is 5.22. The highest BCUT2D eigenvalue weighted by atomic mass is 16.5. The minimum Gasteiger partial charge on any atom is -0.478 e. The normalized spacial score (nSPS) is 9.89. The van der Waals surface area contributed by atoms with Crippen molar-refractivity contribution in [2.24, 2.45) is 5.73 Å². The summed E-state index contributed by atoms with van der Waals surface area (Å²) >= 11 is 0. The van der Waals surface area contributed by atoms with Crippen molar-refractivity contribution in [2.75, 3.05) is 0 Å². The van der Waals surface area contributed by atoms with Crippen molar-refractivity contribution in [1.82, 2.24) is 0 Å². The van der Waals surface area contributed by atoms with Gasteiger partial charge < -0.3 is 15.6 Å². The van der Waals surface area contributed by atoms with Crippen LogP contribution < -0.4 is 10.5 Å². The van der Waals surface area contributed by atoms with Crippen LogP contribution in [0.1, 0.15) is 20.7 Å². The number of hydrogen-bond acceptors (Lipinski definition) is 3. The Bertz CT molecular complexity index is 547. The molecule has 0 aliphatic carbocycles. The van der Waals surface area contributed by atoms with Gasteiger partial charge in [0.05, 0.1) is 5.56 Å². The van der Waals surface area contributed by atoms with Crippen LogP contribution in [-0.2, 0) is 0 Å². The van der Waals surface area contributed by atoms with E-state index in [1.807, 2.05) is 0 Å². The highest BCUT2D eigenvalue weighted by Gasteiger charge is 2.04. The van der Waals surface area contributed by atoms with Gasteiger partial charge in [-0.3, -0.25) is 4.79 Å². The highest BCUT2D eigenvalue weighted by molar-refractivity contribution is 5.92. The van der Waals surface area contributed by atoms with Gasteiger partial charge in [0.1, 0.15) is 11.5 Å². The van der Waals surface area contributed by atoms with Crippen molar-refractivity contribution in [2.45, 2.75) is 0 Å². The Morgan fingerprint density at radius 3 is 1.63 bits per heavy atom. The summed E-state index contributed by atoms with van der Waals surface area (Å²) in [6, 6.07) is 12.4. The highest BCUT2D eigenvalue weighted by Crippen LogP contribution is 2.22. The molecule has 96 valence electrons. The van der Waals surface area contributed by atoms with Crippen LogP contribution in [0.25, 0.3) is 0 Å². The van der Waals surface area contributed by atoms with Crippen LogP contribution in [0, 0.1) is 0 Å².